The minimum atomic E-state index is 0.581. The molecule has 0 atom stereocenters. The van der Waals surface area contributed by atoms with E-state index in [1.807, 2.05) is 0 Å². The number of nitrogens with zero attached hydrogens (tertiary/aromatic N) is 2. The van der Waals surface area contributed by atoms with Gasteiger partial charge in [0.2, 0.25) is 0 Å². The van der Waals surface area contributed by atoms with Crippen molar-refractivity contribution in [3.8, 4) is 0 Å². The van der Waals surface area contributed by atoms with E-state index in [0.717, 1.165) is 29.7 Å². The molecule has 94 valence electrons. The molecule has 0 aromatic carbocycles. The monoisotopic (exact) mass is 233 g/mol. The van der Waals surface area contributed by atoms with Crippen molar-refractivity contribution in [1.82, 2.24) is 4.98 Å². The predicted octanol–water partition coefficient (Wildman–Crippen LogP) is 2.62. The molecule has 2 N–H and O–H groups in total. The summed E-state index contributed by atoms with van der Waals surface area (Å²) in [5.74, 6) is 1.13. The molecule has 0 unspecified atom stereocenters. The highest BCUT2D eigenvalue weighted by Gasteiger charge is 2.29. The van der Waals surface area contributed by atoms with Gasteiger partial charge in [0.15, 0.2) is 0 Å². The summed E-state index contributed by atoms with van der Waals surface area (Å²) in [6.45, 7) is 6.00. The maximum Gasteiger partial charge on any atom is 0.129 e. The van der Waals surface area contributed by atoms with Crippen molar-refractivity contribution in [2.45, 2.75) is 52.1 Å². The molecule has 0 saturated heterocycles. The number of pyridine rings is 1. The van der Waals surface area contributed by atoms with E-state index in [4.69, 9.17) is 10.7 Å². The normalized spacial score (nSPS) is 15.0. The first kappa shape index (κ1) is 12.4. The molecule has 3 nitrogen and oxygen atoms in total. The lowest BCUT2D eigenvalue weighted by molar-refractivity contribution is 0.703. The largest absolute Gasteiger partial charge is 0.354 e. The fraction of sp³-hybridized carbons (Fsp3) is 0.643. The third-order valence-electron chi connectivity index (χ3n) is 3.43. The molecule has 1 aliphatic carbocycles. The molecule has 1 aliphatic rings. The van der Waals surface area contributed by atoms with E-state index >= 15 is 0 Å². The van der Waals surface area contributed by atoms with Crippen LogP contribution >= 0.6 is 0 Å². The lowest BCUT2D eigenvalue weighted by Gasteiger charge is -2.24. The Balaban J connectivity index is 2.14. The van der Waals surface area contributed by atoms with Crippen molar-refractivity contribution in [3.63, 3.8) is 0 Å². The van der Waals surface area contributed by atoms with Crippen molar-refractivity contribution in [3.05, 3.63) is 23.4 Å². The van der Waals surface area contributed by atoms with Gasteiger partial charge in [-0.05, 0) is 37.8 Å². The van der Waals surface area contributed by atoms with Gasteiger partial charge in [0.05, 0.1) is 0 Å². The summed E-state index contributed by atoms with van der Waals surface area (Å²) in [5.41, 5.74) is 7.90. The van der Waals surface area contributed by atoms with Crippen LogP contribution in [-0.2, 0) is 6.54 Å². The molecule has 2 rings (SSSR count). The molecular weight excluding hydrogens is 210 g/mol. The molecule has 1 heterocycles. The Morgan fingerprint density at radius 2 is 2.18 bits per heavy atom. The molecule has 0 bridgehead atoms. The van der Waals surface area contributed by atoms with Gasteiger partial charge in [0, 0.05) is 24.8 Å². The number of anilines is 1. The van der Waals surface area contributed by atoms with Gasteiger partial charge in [-0.25, -0.2) is 4.98 Å². The first-order valence-electron chi connectivity index (χ1n) is 6.69. The Labute approximate surface area is 104 Å². The molecule has 3 heteroatoms. The second kappa shape index (κ2) is 5.50. The first-order valence-corrected chi connectivity index (χ1v) is 6.69. The van der Waals surface area contributed by atoms with Crippen LogP contribution in [0.4, 0.5) is 5.82 Å². The van der Waals surface area contributed by atoms with Crippen LogP contribution in [-0.4, -0.2) is 17.6 Å². The number of aromatic nitrogens is 1. The molecule has 0 amide bonds. The molecule has 0 spiro atoms. The lowest BCUT2D eigenvalue weighted by atomic mass is 10.2. The topological polar surface area (TPSA) is 42.1 Å². The Morgan fingerprint density at radius 1 is 1.41 bits per heavy atom. The molecule has 1 aromatic heterocycles. The van der Waals surface area contributed by atoms with Crippen molar-refractivity contribution < 1.29 is 0 Å². The first-order chi connectivity index (χ1) is 8.26. The average Bonchev–Trinajstić information content (AvgIpc) is 3.14. The lowest BCUT2D eigenvalue weighted by Crippen LogP contribution is -2.28. The molecule has 1 aromatic rings. The summed E-state index contributed by atoms with van der Waals surface area (Å²) in [5, 5.41) is 0. The zero-order valence-electron chi connectivity index (χ0n) is 10.9. The number of unbranched alkanes of at least 4 members (excludes halogenated alkanes) is 1. The van der Waals surface area contributed by atoms with Gasteiger partial charge in [-0.1, -0.05) is 19.4 Å². The minimum Gasteiger partial charge on any atom is -0.354 e. The standard InChI is InChI=1S/C14H23N3/c1-3-4-9-17(13-6-7-13)14-8-5-12(10-15)11(2)16-14/h5,8,13H,3-4,6-7,9-10,15H2,1-2H3. The van der Waals surface area contributed by atoms with Crippen LogP contribution in [0.2, 0.25) is 0 Å². The molecule has 0 radical (unpaired) electrons. The van der Waals surface area contributed by atoms with Gasteiger partial charge >= 0.3 is 0 Å². The van der Waals surface area contributed by atoms with Gasteiger partial charge in [0.25, 0.3) is 0 Å². The third-order valence-corrected chi connectivity index (χ3v) is 3.43. The second-order valence-corrected chi connectivity index (χ2v) is 4.90. The van der Waals surface area contributed by atoms with Crippen LogP contribution in [0.5, 0.6) is 0 Å². The number of rotatable bonds is 6. The van der Waals surface area contributed by atoms with E-state index < -0.39 is 0 Å². The molecule has 1 saturated carbocycles. The van der Waals surface area contributed by atoms with E-state index in [-0.39, 0.29) is 0 Å². The van der Waals surface area contributed by atoms with Gasteiger partial charge in [-0.2, -0.15) is 0 Å². The summed E-state index contributed by atoms with van der Waals surface area (Å²) in [6, 6.07) is 4.99. The average molecular weight is 233 g/mol. The van der Waals surface area contributed by atoms with Crippen LogP contribution in [0, 0.1) is 6.92 Å². The van der Waals surface area contributed by atoms with Gasteiger partial charge in [-0.15, -0.1) is 0 Å². The van der Waals surface area contributed by atoms with E-state index in [1.165, 1.54) is 25.7 Å². The van der Waals surface area contributed by atoms with Crippen LogP contribution in [0.15, 0.2) is 12.1 Å². The van der Waals surface area contributed by atoms with Crippen LogP contribution in [0.25, 0.3) is 0 Å². The van der Waals surface area contributed by atoms with Gasteiger partial charge < -0.3 is 10.6 Å². The Hall–Kier alpha value is -1.09. The summed E-state index contributed by atoms with van der Waals surface area (Å²) in [4.78, 5) is 7.17. The highest BCUT2D eigenvalue weighted by atomic mass is 15.2. The van der Waals surface area contributed by atoms with Crippen LogP contribution in [0.3, 0.4) is 0 Å². The quantitative estimate of drug-likeness (QED) is 0.821. The highest BCUT2D eigenvalue weighted by Crippen LogP contribution is 2.31. The highest BCUT2D eigenvalue weighted by molar-refractivity contribution is 5.44. The minimum absolute atomic E-state index is 0.581. The van der Waals surface area contributed by atoms with Crippen molar-refractivity contribution in [1.29, 1.82) is 0 Å². The maximum absolute atomic E-state index is 5.68. The number of aryl methyl sites for hydroxylation is 1. The number of nitrogens with two attached hydrogens (primary N) is 1. The SMILES string of the molecule is CCCCN(c1ccc(CN)c(C)n1)C1CC1. The fourth-order valence-corrected chi connectivity index (χ4v) is 2.15. The van der Waals surface area contributed by atoms with E-state index in [1.54, 1.807) is 0 Å². The van der Waals surface area contributed by atoms with E-state index in [9.17, 15) is 0 Å². The van der Waals surface area contributed by atoms with Crippen molar-refractivity contribution in [2.24, 2.45) is 5.73 Å². The van der Waals surface area contributed by atoms with E-state index in [2.05, 4.69) is 30.9 Å². The summed E-state index contributed by atoms with van der Waals surface area (Å²) < 4.78 is 0. The number of hydrogen-bond acceptors (Lipinski definition) is 3. The number of hydrogen-bond donors (Lipinski definition) is 1. The van der Waals surface area contributed by atoms with Crippen LogP contribution in [0.1, 0.15) is 43.9 Å². The maximum atomic E-state index is 5.68. The Kier molecular flexibility index (Phi) is 4.00. The zero-order valence-corrected chi connectivity index (χ0v) is 10.9. The Morgan fingerprint density at radius 3 is 2.71 bits per heavy atom. The van der Waals surface area contributed by atoms with E-state index in [0.29, 0.717) is 6.54 Å². The summed E-state index contributed by atoms with van der Waals surface area (Å²) >= 11 is 0. The van der Waals surface area contributed by atoms with Crippen LogP contribution < -0.4 is 10.6 Å². The molecule has 0 aliphatic heterocycles. The fourth-order valence-electron chi connectivity index (χ4n) is 2.15. The summed E-state index contributed by atoms with van der Waals surface area (Å²) in [6.07, 6.45) is 5.13. The summed E-state index contributed by atoms with van der Waals surface area (Å²) in [7, 11) is 0. The molecular formula is C14H23N3. The predicted molar refractivity (Wildman–Crippen MR) is 72.1 cm³/mol. The van der Waals surface area contributed by atoms with Crippen molar-refractivity contribution in [2.75, 3.05) is 11.4 Å². The van der Waals surface area contributed by atoms with Crippen molar-refractivity contribution >= 4 is 5.82 Å². The smallest absolute Gasteiger partial charge is 0.129 e. The third kappa shape index (κ3) is 2.97. The molecule has 1 fully saturated rings. The second-order valence-electron chi connectivity index (χ2n) is 4.90. The van der Waals surface area contributed by atoms with Gasteiger partial charge in [0.1, 0.15) is 5.82 Å². The Bertz CT molecular complexity index is 372. The van der Waals surface area contributed by atoms with Gasteiger partial charge in [-0.3, -0.25) is 0 Å². The molecule has 17 heavy (non-hydrogen) atoms. The zero-order chi connectivity index (χ0) is 12.3.